The molecule has 0 unspecified atom stereocenters. The van der Waals surface area contributed by atoms with Gasteiger partial charge in [0.05, 0.1) is 11.3 Å². The standard InChI is InChI=1S/C23H24ClF2N3O2/c1-13-6-8-16(23(2,3)4)18(10-13)31-19-11-14(24)7-9-17(19)27-22(30)15-12-29(5)28-20(15)21(25)26/h6-12,21H,1-5H3,(H,27,30). The molecule has 2 aromatic carbocycles. The van der Waals surface area contributed by atoms with Crippen LogP contribution in [0.2, 0.25) is 5.02 Å². The molecule has 0 atom stereocenters. The molecule has 0 spiro atoms. The van der Waals surface area contributed by atoms with E-state index < -0.39 is 18.0 Å². The number of hydrogen-bond acceptors (Lipinski definition) is 3. The first kappa shape index (κ1) is 22.7. The first-order chi connectivity index (χ1) is 14.5. The van der Waals surface area contributed by atoms with Crippen LogP contribution in [-0.2, 0) is 12.5 Å². The average Bonchev–Trinajstić information content (AvgIpc) is 3.05. The van der Waals surface area contributed by atoms with E-state index in [-0.39, 0.29) is 11.0 Å². The summed E-state index contributed by atoms with van der Waals surface area (Å²) in [6.07, 6.45) is -1.62. The molecule has 0 saturated heterocycles. The van der Waals surface area contributed by atoms with Crippen molar-refractivity contribution < 1.29 is 18.3 Å². The van der Waals surface area contributed by atoms with Crippen molar-refractivity contribution in [2.24, 2.45) is 7.05 Å². The summed E-state index contributed by atoms with van der Waals surface area (Å²) in [4.78, 5) is 12.7. The summed E-state index contributed by atoms with van der Waals surface area (Å²) >= 11 is 6.16. The van der Waals surface area contributed by atoms with E-state index in [1.165, 1.54) is 17.9 Å². The van der Waals surface area contributed by atoms with E-state index in [2.05, 4.69) is 31.2 Å². The number of carbonyl (C=O) groups excluding carboxylic acids is 1. The molecule has 0 saturated carbocycles. The second-order valence-corrected chi connectivity index (χ2v) is 8.79. The van der Waals surface area contributed by atoms with Gasteiger partial charge in [0.15, 0.2) is 5.75 Å². The van der Waals surface area contributed by atoms with Gasteiger partial charge in [-0.05, 0) is 36.1 Å². The molecule has 3 aromatic rings. The highest BCUT2D eigenvalue weighted by molar-refractivity contribution is 6.30. The van der Waals surface area contributed by atoms with E-state index in [1.54, 1.807) is 18.2 Å². The monoisotopic (exact) mass is 447 g/mol. The molecule has 31 heavy (non-hydrogen) atoms. The molecule has 0 aliphatic carbocycles. The SMILES string of the molecule is Cc1ccc(C(C)(C)C)c(Oc2cc(Cl)ccc2NC(=O)c2cn(C)nc2C(F)F)c1. The largest absolute Gasteiger partial charge is 0.455 e. The van der Waals surface area contributed by atoms with Crippen LogP contribution in [0.4, 0.5) is 14.5 Å². The van der Waals surface area contributed by atoms with E-state index in [0.29, 0.717) is 22.2 Å². The van der Waals surface area contributed by atoms with Crippen molar-refractivity contribution in [3.05, 3.63) is 70.0 Å². The third-order valence-corrected chi connectivity index (χ3v) is 4.90. The molecule has 1 heterocycles. The molecule has 1 amide bonds. The second kappa shape index (κ2) is 8.67. The molecule has 164 valence electrons. The Morgan fingerprint density at radius 2 is 1.87 bits per heavy atom. The van der Waals surface area contributed by atoms with Crippen molar-refractivity contribution >= 4 is 23.2 Å². The molecule has 1 N–H and O–H groups in total. The zero-order chi connectivity index (χ0) is 22.9. The maximum absolute atomic E-state index is 13.3. The summed E-state index contributed by atoms with van der Waals surface area (Å²) in [6.45, 7) is 8.16. The highest BCUT2D eigenvalue weighted by Gasteiger charge is 2.24. The lowest BCUT2D eigenvalue weighted by Gasteiger charge is -2.24. The number of hydrogen-bond donors (Lipinski definition) is 1. The van der Waals surface area contributed by atoms with Crippen molar-refractivity contribution in [1.82, 2.24) is 9.78 Å². The number of amides is 1. The number of anilines is 1. The summed E-state index contributed by atoms with van der Waals surface area (Å²) in [5, 5.41) is 6.74. The third-order valence-electron chi connectivity index (χ3n) is 4.67. The maximum Gasteiger partial charge on any atom is 0.282 e. The van der Waals surface area contributed by atoms with E-state index in [9.17, 15) is 13.6 Å². The summed E-state index contributed by atoms with van der Waals surface area (Å²) < 4.78 is 33.9. The zero-order valence-corrected chi connectivity index (χ0v) is 18.7. The van der Waals surface area contributed by atoms with E-state index in [1.807, 2.05) is 25.1 Å². The highest BCUT2D eigenvalue weighted by atomic mass is 35.5. The average molecular weight is 448 g/mol. The van der Waals surface area contributed by atoms with Crippen LogP contribution >= 0.6 is 11.6 Å². The number of rotatable bonds is 5. The van der Waals surface area contributed by atoms with Gasteiger partial charge in [-0.3, -0.25) is 9.48 Å². The topological polar surface area (TPSA) is 56.1 Å². The van der Waals surface area contributed by atoms with Crippen molar-refractivity contribution in [2.45, 2.75) is 39.5 Å². The van der Waals surface area contributed by atoms with Gasteiger partial charge in [-0.2, -0.15) is 5.10 Å². The summed E-state index contributed by atoms with van der Waals surface area (Å²) in [6, 6.07) is 10.6. The minimum atomic E-state index is -2.87. The molecule has 3 rings (SSSR count). The van der Waals surface area contributed by atoms with Crippen molar-refractivity contribution in [3.63, 3.8) is 0 Å². The number of benzene rings is 2. The van der Waals surface area contributed by atoms with Crippen LogP contribution in [0.1, 0.15) is 54.4 Å². The Morgan fingerprint density at radius 1 is 1.16 bits per heavy atom. The number of alkyl halides is 2. The molecule has 0 radical (unpaired) electrons. The summed E-state index contributed by atoms with van der Waals surface area (Å²) in [5.41, 5.74) is 1.32. The third kappa shape index (κ3) is 5.22. The fourth-order valence-electron chi connectivity index (χ4n) is 3.17. The van der Waals surface area contributed by atoms with E-state index in [4.69, 9.17) is 16.3 Å². The maximum atomic E-state index is 13.3. The fourth-order valence-corrected chi connectivity index (χ4v) is 3.33. The van der Waals surface area contributed by atoms with Gasteiger partial charge < -0.3 is 10.1 Å². The van der Waals surface area contributed by atoms with Crippen LogP contribution in [0.25, 0.3) is 0 Å². The number of carbonyl (C=O) groups is 1. The molecule has 1 aromatic heterocycles. The molecular weight excluding hydrogens is 424 g/mol. The van der Waals surface area contributed by atoms with Crippen molar-refractivity contribution in [3.8, 4) is 11.5 Å². The number of halogens is 3. The lowest BCUT2D eigenvalue weighted by molar-refractivity contribution is 0.101. The van der Waals surface area contributed by atoms with Gasteiger partial charge in [0.25, 0.3) is 12.3 Å². The Hall–Kier alpha value is -2.93. The Balaban J connectivity index is 1.98. The van der Waals surface area contributed by atoms with Crippen LogP contribution in [0.15, 0.2) is 42.6 Å². The van der Waals surface area contributed by atoms with Gasteiger partial charge in [-0.1, -0.05) is 44.5 Å². The van der Waals surface area contributed by atoms with Crippen molar-refractivity contribution in [2.75, 3.05) is 5.32 Å². The first-order valence-corrected chi connectivity index (χ1v) is 10.0. The van der Waals surface area contributed by atoms with Crippen molar-refractivity contribution in [1.29, 1.82) is 0 Å². The van der Waals surface area contributed by atoms with Crippen LogP contribution in [0.3, 0.4) is 0 Å². The van der Waals surface area contributed by atoms with Gasteiger partial charge in [0.1, 0.15) is 11.4 Å². The predicted octanol–water partition coefficient (Wildman–Crippen LogP) is 6.66. The minimum Gasteiger partial charge on any atom is -0.455 e. The molecule has 0 aliphatic rings. The lowest BCUT2D eigenvalue weighted by atomic mass is 9.86. The molecule has 8 heteroatoms. The fraction of sp³-hybridized carbons (Fsp3) is 0.304. The van der Waals surface area contributed by atoms with Gasteiger partial charge in [-0.25, -0.2) is 8.78 Å². The number of ether oxygens (including phenoxy) is 1. The molecular formula is C23H24ClF2N3O2. The Kier molecular flexibility index (Phi) is 6.36. The summed E-state index contributed by atoms with van der Waals surface area (Å²) in [5.74, 6) is 0.218. The molecule has 0 fully saturated rings. The van der Waals surface area contributed by atoms with Crippen LogP contribution in [-0.4, -0.2) is 15.7 Å². The Labute approximate surface area is 185 Å². The zero-order valence-electron chi connectivity index (χ0n) is 18.0. The van der Waals surface area contributed by atoms with Gasteiger partial charge in [0, 0.05) is 29.9 Å². The highest BCUT2D eigenvalue weighted by Crippen LogP contribution is 2.38. The number of nitrogens with zero attached hydrogens (tertiary/aromatic N) is 2. The van der Waals surface area contributed by atoms with Gasteiger partial charge >= 0.3 is 0 Å². The quantitative estimate of drug-likeness (QED) is 0.475. The number of aryl methyl sites for hydroxylation is 2. The van der Waals surface area contributed by atoms with E-state index in [0.717, 1.165) is 11.1 Å². The Bertz CT molecular complexity index is 1120. The summed E-state index contributed by atoms with van der Waals surface area (Å²) in [7, 11) is 1.48. The normalized spacial score (nSPS) is 11.6. The predicted molar refractivity (Wildman–Crippen MR) is 118 cm³/mol. The van der Waals surface area contributed by atoms with Gasteiger partial charge in [-0.15, -0.1) is 0 Å². The van der Waals surface area contributed by atoms with E-state index >= 15 is 0 Å². The molecule has 0 aliphatic heterocycles. The molecule has 5 nitrogen and oxygen atoms in total. The van der Waals surface area contributed by atoms with Crippen LogP contribution < -0.4 is 10.1 Å². The Morgan fingerprint density at radius 3 is 2.52 bits per heavy atom. The molecule has 0 bridgehead atoms. The smallest absolute Gasteiger partial charge is 0.282 e. The van der Waals surface area contributed by atoms with Crippen LogP contribution in [0, 0.1) is 6.92 Å². The lowest BCUT2D eigenvalue weighted by Crippen LogP contribution is -2.15. The minimum absolute atomic E-state index is 0.188. The first-order valence-electron chi connectivity index (χ1n) is 9.67. The number of aromatic nitrogens is 2. The van der Waals surface area contributed by atoms with Gasteiger partial charge in [0.2, 0.25) is 0 Å². The second-order valence-electron chi connectivity index (χ2n) is 8.35. The number of nitrogens with one attached hydrogen (secondary N) is 1. The van der Waals surface area contributed by atoms with Crippen LogP contribution in [0.5, 0.6) is 11.5 Å².